The molecule has 0 heterocycles. The molecule has 0 atom stereocenters. The number of hydrogen-bond acceptors (Lipinski definition) is 4. The van der Waals surface area contributed by atoms with Crippen molar-refractivity contribution >= 4 is 27.3 Å². The molecule has 0 spiro atoms. The Bertz CT molecular complexity index is 842. The summed E-state index contributed by atoms with van der Waals surface area (Å²) in [6.07, 6.45) is 0. The molecule has 0 fully saturated rings. The van der Waals surface area contributed by atoms with Gasteiger partial charge in [0, 0.05) is 0 Å². The van der Waals surface area contributed by atoms with E-state index in [0.29, 0.717) is 5.56 Å². The van der Waals surface area contributed by atoms with Gasteiger partial charge >= 0.3 is 0 Å². The highest BCUT2D eigenvalue weighted by Crippen LogP contribution is 2.28. The van der Waals surface area contributed by atoms with E-state index >= 15 is 0 Å². The van der Waals surface area contributed by atoms with Gasteiger partial charge in [0.15, 0.2) is 0 Å². The molecular formula is C14H11ClN2O3S. The van der Waals surface area contributed by atoms with Crippen LogP contribution in [0.2, 0.25) is 5.02 Å². The summed E-state index contributed by atoms with van der Waals surface area (Å²) >= 11 is 5.74. The average molecular weight is 323 g/mol. The number of hydrogen-bond donors (Lipinski definition) is 2. The van der Waals surface area contributed by atoms with Crippen molar-refractivity contribution < 1.29 is 13.5 Å². The molecule has 108 valence electrons. The van der Waals surface area contributed by atoms with E-state index in [-0.39, 0.29) is 26.9 Å². The molecule has 0 saturated carbocycles. The van der Waals surface area contributed by atoms with Crippen molar-refractivity contribution in [3.63, 3.8) is 0 Å². The molecule has 2 aromatic carbocycles. The summed E-state index contributed by atoms with van der Waals surface area (Å²) < 4.78 is 27.1. The smallest absolute Gasteiger partial charge is 0.262 e. The molecule has 5 nitrogen and oxygen atoms in total. The lowest BCUT2D eigenvalue weighted by Crippen LogP contribution is -2.14. The van der Waals surface area contributed by atoms with Gasteiger partial charge in [-0.05, 0) is 42.8 Å². The molecule has 0 aliphatic rings. The molecule has 0 unspecified atom stereocenters. The second-order valence-electron chi connectivity index (χ2n) is 4.36. The Morgan fingerprint density at radius 2 is 1.95 bits per heavy atom. The van der Waals surface area contributed by atoms with Crippen molar-refractivity contribution in [3.8, 4) is 11.8 Å². The SMILES string of the molecule is Cc1ccc(C#N)cc1S(=O)(=O)Nc1ccc(O)c(Cl)c1. The molecule has 0 saturated heterocycles. The maximum atomic E-state index is 12.4. The average Bonchev–Trinajstić information content (AvgIpc) is 2.43. The molecule has 0 radical (unpaired) electrons. The van der Waals surface area contributed by atoms with Crippen LogP contribution in [0.25, 0.3) is 0 Å². The van der Waals surface area contributed by atoms with E-state index in [9.17, 15) is 13.5 Å². The van der Waals surface area contributed by atoms with E-state index in [2.05, 4.69) is 4.72 Å². The van der Waals surface area contributed by atoms with E-state index in [4.69, 9.17) is 16.9 Å². The standard InChI is InChI=1S/C14H11ClN2O3S/c1-9-2-3-10(8-16)6-14(9)21(19,20)17-11-4-5-13(18)12(15)7-11/h2-7,17-18H,1H3. The summed E-state index contributed by atoms with van der Waals surface area (Å²) in [6.45, 7) is 1.64. The normalized spacial score (nSPS) is 10.9. The summed E-state index contributed by atoms with van der Waals surface area (Å²) in [6, 6.07) is 10.3. The van der Waals surface area contributed by atoms with Crippen molar-refractivity contribution in [2.45, 2.75) is 11.8 Å². The lowest BCUT2D eigenvalue weighted by molar-refractivity contribution is 0.475. The molecule has 0 amide bonds. The molecule has 0 bridgehead atoms. The van der Waals surface area contributed by atoms with E-state index < -0.39 is 10.0 Å². The number of nitrogens with one attached hydrogen (secondary N) is 1. The predicted molar refractivity (Wildman–Crippen MR) is 79.8 cm³/mol. The Balaban J connectivity index is 2.43. The lowest BCUT2D eigenvalue weighted by Gasteiger charge is -2.11. The largest absolute Gasteiger partial charge is 0.506 e. The number of rotatable bonds is 3. The molecular weight excluding hydrogens is 312 g/mol. The van der Waals surface area contributed by atoms with Gasteiger partial charge in [0.1, 0.15) is 5.75 Å². The Kier molecular flexibility index (Phi) is 4.07. The van der Waals surface area contributed by atoms with Crippen molar-refractivity contribution in [2.75, 3.05) is 4.72 Å². The maximum absolute atomic E-state index is 12.4. The molecule has 0 aliphatic carbocycles. The highest BCUT2D eigenvalue weighted by atomic mass is 35.5. The van der Waals surface area contributed by atoms with Gasteiger partial charge in [-0.1, -0.05) is 17.7 Å². The van der Waals surface area contributed by atoms with Crippen molar-refractivity contribution in [1.82, 2.24) is 0 Å². The van der Waals surface area contributed by atoms with Gasteiger partial charge in [0.2, 0.25) is 0 Å². The third-order valence-electron chi connectivity index (χ3n) is 2.81. The first kappa shape index (κ1) is 15.2. The summed E-state index contributed by atoms with van der Waals surface area (Å²) in [7, 11) is -3.85. The molecule has 2 aromatic rings. The van der Waals surface area contributed by atoms with Gasteiger partial charge in [-0.2, -0.15) is 5.26 Å². The second kappa shape index (κ2) is 5.64. The molecule has 0 aliphatic heterocycles. The van der Waals surface area contributed by atoms with Crippen LogP contribution in [0.3, 0.4) is 0 Å². The summed E-state index contributed by atoms with van der Waals surface area (Å²) in [4.78, 5) is 0.0192. The van der Waals surface area contributed by atoms with Crippen LogP contribution in [0.15, 0.2) is 41.3 Å². The number of aryl methyl sites for hydroxylation is 1. The van der Waals surface area contributed by atoms with Gasteiger partial charge in [0.05, 0.1) is 27.2 Å². The zero-order chi connectivity index (χ0) is 15.6. The predicted octanol–water partition coefficient (Wildman–Crippen LogP) is 3.03. The number of halogens is 1. The Hall–Kier alpha value is -2.23. The second-order valence-corrected chi connectivity index (χ2v) is 6.42. The number of aromatic hydroxyl groups is 1. The molecule has 2 rings (SSSR count). The van der Waals surface area contributed by atoms with Crippen LogP contribution >= 0.6 is 11.6 Å². The third kappa shape index (κ3) is 3.27. The van der Waals surface area contributed by atoms with Crippen LogP contribution in [0.1, 0.15) is 11.1 Å². The van der Waals surface area contributed by atoms with Crippen LogP contribution < -0.4 is 4.72 Å². The van der Waals surface area contributed by atoms with Gasteiger partial charge < -0.3 is 5.11 Å². The monoisotopic (exact) mass is 322 g/mol. The number of phenolic OH excluding ortho intramolecular Hbond substituents is 1. The van der Waals surface area contributed by atoms with Gasteiger partial charge in [-0.3, -0.25) is 4.72 Å². The number of benzene rings is 2. The van der Waals surface area contributed by atoms with Crippen molar-refractivity contribution in [3.05, 3.63) is 52.5 Å². The summed E-state index contributed by atoms with van der Waals surface area (Å²) in [5.41, 5.74) is 0.996. The first-order valence-corrected chi connectivity index (χ1v) is 7.71. The Morgan fingerprint density at radius 1 is 1.24 bits per heavy atom. The van der Waals surface area contributed by atoms with Crippen LogP contribution in [-0.4, -0.2) is 13.5 Å². The van der Waals surface area contributed by atoms with E-state index in [1.54, 1.807) is 19.1 Å². The number of nitrogens with zero attached hydrogens (tertiary/aromatic N) is 1. The molecule has 21 heavy (non-hydrogen) atoms. The van der Waals surface area contributed by atoms with E-state index in [1.807, 2.05) is 6.07 Å². The number of anilines is 1. The maximum Gasteiger partial charge on any atom is 0.262 e. The van der Waals surface area contributed by atoms with Crippen LogP contribution in [-0.2, 0) is 10.0 Å². The fourth-order valence-electron chi connectivity index (χ4n) is 1.74. The highest BCUT2D eigenvalue weighted by Gasteiger charge is 2.18. The first-order chi connectivity index (χ1) is 9.83. The van der Waals surface area contributed by atoms with Crippen LogP contribution in [0.5, 0.6) is 5.75 Å². The number of phenols is 1. The summed E-state index contributed by atoms with van der Waals surface area (Å²) in [5, 5.41) is 18.2. The molecule has 0 aromatic heterocycles. The minimum Gasteiger partial charge on any atom is -0.506 e. The number of sulfonamides is 1. The minimum atomic E-state index is -3.85. The van der Waals surface area contributed by atoms with Gasteiger partial charge in [0.25, 0.3) is 10.0 Å². The quantitative estimate of drug-likeness (QED) is 0.850. The Labute approximate surface area is 127 Å². The Morgan fingerprint density at radius 3 is 2.57 bits per heavy atom. The van der Waals surface area contributed by atoms with E-state index in [1.165, 1.54) is 24.3 Å². The van der Waals surface area contributed by atoms with E-state index in [0.717, 1.165) is 0 Å². The third-order valence-corrected chi connectivity index (χ3v) is 4.63. The van der Waals surface area contributed by atoms with Gasteiger partial charge in [-0.25, -0.2) is 8.42 Å². The van der Waals surface area contributed by atoms with Gasteiger partial charge in [-0.15, -0.1) is 0 Å². The molecule has 7 heteroatoms. The van der Waals surface area contributed by atoms with Crippen molar-refractivity contribution in [2.24, 2.45) is 0 Å². The fraction of sp³-hybridized carbons (Fsp3) is 0.0714. The fourth-order valence-corrected chi connectivity index (χ4v) is 3.24. The van der Waals surface area contributed by atoms with Crippen LogP contribution in [0.4, 0.5) is 5.69 Å². The van der Waals surface area contributed by atoms with Crippen LogP contribution in [0, 0.1) is 18.3 Å². The molecule has 2 N–H and O–H groups in total. The summed E-state index contributed by atoms with van der Waals surface area (Å²) in [5.74, 6) is -0.137. The zero-order valence-electron chi connectivity index (χ0n) is 11.0. The zero-order valence-corrected chi connectivity index (χ0v) is 12.5. The van der Waals surface area contributed by atoms with Crippen molar-refractivity contribution in [1.29, 1.82) is 5.26 Å². The topological polar surface area (TPSA) is 90.2 Å². The number of nitriles is 1. The highest BCUT2D eigenvalue weighted by molar-refractivity contribution is 7.92. The first-order valence-electron chi connectivity index (χ1n) is 5.85. The minimum absolute atomic E-state index is 0.0192. The lowest BCUT2D eigenvalue weighted by atomic mass is 10.2.